The number of nitrogens with zero attached hydrogens (tertiary/aromatic N) is 1. The summed E-state index contributed by atoms with van der Waals surface area (Å²) in [6.07, 6.45) is 52.0. The topological polar surface area (TPSA) is 18.5 Å². The van der Waals surface area contributed by atoms with E-state index in [1.807, 2.05) is 0 Å². The minimum Gasteiger partial charge on any atom is -0.341 e. The van der Waals surface area contributed by atoms with Crippen LogP contribution in [0, 0.1) is 0 Å². The van der Waals surface area contributed by atoms with E-state index in [1.54, 1.807) is 0 Å². The van der Waals surface area contributed by atoms with E-state index in [4.69, 9.17) is 9.47 Å². The molecule has 1 saturated heterocycles. The highest BCUT2D eigenvalue weighted by molar-refractivity contribution is 4.93. The summed E-state index contributed by atoms with van der Waals surface area (Å²) in [6.45, 7) is 5.27. The van der Waals surface area contributed by atoms with Crippen molar-refractivity contribution in [3.8, 4) is 0 Å². The Hall–Kier alpha value is -1.16. The minimum atomic E-state index is -0.347. The summed E-state index contributed by atoms with van der Waals surface area (Å²) in [5.74, 6) is -0.347. The molecular formula is C42H78NO2+. The van der Waals surface area contributed by atoms with Crippen molar-refractivity contribution in [2.45, 2.75) is 193 Å². The number of ether oxygens (including phenoxy) is 2. The van der Waals surface area contributed by atoms with Crippen LogP contribution >= 0.6 is 0 Å². The Morgan fingerprint density at radius 1 is 0.489 bits per heavy atom. The average Bonchev–Trinajstić information content (AvgIpc) is 3.46. The summed E-state index contributed by atoms with van der Waals surface area (Å²) >= 11 is 0. The van der Waals surface area contributed by atoms with Crippen LogP contribution in [0.2, 0.25) is 0 Å². The molecule has 1 heterocycles. The van der Waals surface area contributed by atoms with Gasteiger partial charge in [0.1, 0.15) is 6.61 Å². The van der Waals surface area contributed by atoms with Gasteiger partial charge in [-0.15, -0.1) is 0 Å². The molecule has 0 aromatic rings. The third-order valence-corrected chi connectivity index (χ3v) is 9.22. The zero-order valence-corrected chi connectivity index (χ0v) is 31.1. The first-order valence-electron chi connectivity index (χ1n) is 19.7. The SMILES string of the molecule is CCCCC/C=C\C/C=C\CCCCCCCCC1(CCCCCCCC/C=C\C/C=C\CCCCC)OCC([N+](C)(C)C)O1. The van der Waals surface area contributed by atoms with Crippen molar-refractivity contribution < 1.29 is 14.0 Å². The largest absolute Gasteiger partial charge is 0.341 e. The van der Waals surface area contributed by atoms with Gasteiger partial charge in [-0.3, -0.25) is 4.74 Å². The Balaban J connectivity index is 2.15. The molecule has 0 aromatic heterocycles. The minimum absolute atomic E-state index is 0.152. The van der Waals surface area contributed by atoms with Crippen molar-refractivity contribution in [3.05, 3.63) is 48.6 Å². The molecule has 1 unspecified atom stereocenters. The van der Waals surface area contributed by atoms with Crippen molar-refractivity contribution in [1.82, 2.24) is 0 Å². The summed E-state index contributed by atoms with van der Waals surface area (Å²) in [5.41, 5.74) is 0. The first-order chi connectivity index (χ1) is 21.9. The molecule has 0 amide bonds. The fourth-order valence-corrected chi connectivity index (χ4v) is 6.07. The highest BCUT2D eigenvalue weighted by atomic mass is 16.8. The lowest BCUT2D eigenvalue weighted by Gasteiger charge is -2.33. The molecule has 1 aliphatic heterocycles. The smallest absolute Gasteiger partial charge is 0.219 e. The van der Waals surface area contributed by atoms with Crippen LogP contribution in [0.25, 0.3) is 0 Å². The van der Waals surface area contributed by atoms with E-state index < -0.39 is 0 Å². The predicted molar refractivity (Wildman–Crippen MR) is 200 cm³/mol. The summed E-state index contributed by atoms with van der Waals surface area (Å²) in [7, 11) is 6.68. The van der Waals surface area contributed by atoms with Gasteiger partial charge in [-0.05, 0) is 77.0 Å². The Kier molecular flexibility index (Phi) is 27.0. The standard InChI is InChI=1S/C42H78NO2/c1-6-8-10-12-14-16-18-20-22-24-26-28-30-32-34-36-38-42(44-40-41(45-42)43(3,4)5)39-37-35-33-31-29-27-25-23-21-19-17-15-13-11-9-7-2/h14-17,20-23,41H,6-13,18-19,24-40H2,1-5H3/q+1/b16-14-,17-15-,22-20-,23-21-. The zero-order chi connectivity index (χ0) is 32.7. The summed E-state index contributed by atoms with van der Waals surface area (Å²) in [6, 6.07) is 0. The molecule has 0 radical (unpaired) electrons. The van der Waals surface area contributed by atoms with Gasteiger partial charge in [0, 0.05) is 12.8 Å². The third-order valence-electron chi connectivity index (χ3n) is 9.22. The van der Waals surface area contributed by atoms with Gasteiger partial charge < -0.3 is 9.22 Å². The number of allylic oxidation sites excluding steroid dienone is 8. The molecule has 1 fully saturated rings. The van der Waals surface area contributed by atoms with Gasteiger partial charge in [-0.1, -0.05) is 140 Å². The normalized spacial score (nSPS) is 17.3. The fraction of sp³-hybridized carbons (Fsp3) is 0.810. The van der Waals surface area contributed by atoms with Crippen molar-refractivity contribution in [2.24, 2.45) is 0 Å². The second kappa shape index (κ2) is 29.0. The summed E-state index contributed by atoms with van der Waals surface area (Å²) < 4.78 is 14.0. The van der Waals surface area contributed by atoms with Gasteiger partial charge in [0.2, 0.25) is 6.23 Å². The third kappa shape index (κ3) is 24.6. The molecule has 0 saturated carbocycles. The quantitative estimate of drug-likeness (QED) is 0.0432. The maximum absolute atomic E-state index is 6.69. The lowest BCUT2D eigenvalue weighted by molar-refractivity contribution is -0.917. The van der Waals surface area contributed by atoms with Crippen molar-refractivity contribution in [1.29, 1.82) is 0 Å². The van der Waals surface area contributed by atoms with E-state index in [-0.39, 0.29) is 12.0 Å². The Bertz CT molecular complexity index is 711. The first kappa shape index (κ1) is 41.9. The van der Waals surface area contributed by atoms with Crippen LogP contribution in [-0.4, -0.2) is 44.2 Å². The molecule has 1 rings (SSSR count). The second-order valence-electron chi connectivity index (χ2n) is 14.6. The molecular weight excluding hydrogens is 550 g/mol. The van der Waals surface area contributed by atoms with Gasteiger partial charge in [0.25, 0.3) is 0 Å². The van der Waals surface area contributed by atoms with E-state index in [1.165, 1.54) is 141 Å². The van der Waals surface area contributed by atoms with Crippen LogP contribution < -0.4 is 0 Å². The highest BCUT2D eigenvalue weighted by Crippen LogP contribution is 2.36. The summed E-state index contributed by atoms with van der Waals surface area (Å²) in [4.78, 5) is 0. The molecule has 262 valence electrons. The average molecular weight is 629 g/mol. The Morgan fingerprint density at radius 2 is 0.844 bits per heavy atom. The van der Waals surface area contributed by atoms with Crippen molar-refractivity contribution >= 4 is 0 Å². The number of hydrogen-bond acceptors (Lipinski definition) is 2. The van der Waals surface area contributed by atoms with Crippen LogP contribution in [0.15, 0.2) is 48.6 Å². The Morgan fingerprint density at radius 3 is 1.20 bits per heavy atom. The van der Waals surface area contributed by atoms with Crippen molar-refractivity contribution in [3.63, 3.8) is 0 Å². The van der Waals surface area contributed by atoms with Crippen LogP contribution in [0.4, 0.5) is 0 Å². The van der Waals surface area contributed by atoms with E-state index in [0.29, 0.717) is 0 Å². The molecule has 0 spiro atoms. The fourth-order valence-electron chi connectivity index (χ4n) is 6.07. The monoisotopic (exact) mass is 629 g/mol. The molecule has 0 bridgehead atoms. The molecule has 0 aromatic carbocycles. The predicted octanol–water partition coefficient (Wildman–Crippen LogP) is 13.2. The molecule has 0 aliphatic carbocycles. The van der Waals surface area contributed by atoms with E-state index >= 15 is 0 Å². The van der Waals surface area contributed by atoms with E-state index in [2.05, 4.69) is 83.6 Å². The maximum atomic E-state index is 6.69. The zero-order valence-electron chi connectivity index (χ0n) is 31.1. The molecule has 0 N–H and O–H groups in total. The molecule has 3 nitrogen and oxygen atoms in total. The van der Waals surface area contributed by atoms with Crippen molar-refractivity contribution in [2.75, 3.05) is 27.7 Å². The van der Waals surface area contributed by atoms with E-state index in [9.17, 15) is 0 Å². The van der Waals surface area contributed by atoms with Gasteiger partial charge in [0.05, 0.1) is 21.1 Å². The second-order valence-corrected chi connectivity index (χ2v) is 14.6. The lowest BCUT2D eigenvalue weighted by atomic mass is 9.98. The van der Waals surface area contributed by atoms with E-state index in [0.717, 1.165) is 36.8 Å². The van der Waals surface area contributed by atoms with Crippen LogP contribution in [0.3, 0.4) is 0 Å². The van der Waals surface area contributed by atoms with Crippen LogP contribution in [0.5, 0.6) is 0 Å². The van der Waals surface area contributed by atoms with Gasteiger partial charge >= 0.3 is 0 Å². The first-order valence-corrected chi connectivity index (χ1v) is 19.7. The summed E-state index contributed by atoms with van der Waals surface area (Å²) in [5, 5.41) is 0. The maximum Gasteiger partial charge on any atom is 0.219 e. The lowest BCUT2D eigenvalue weighted by Crippen LogP contribution is -2.47. The van der Waals surface area contributed by atoms with Gasteiger partial charge in [0.15, 0.2) is 5.79 Å². The number of rotatable bonds is 31. The van der Waals surface area contributed by atoms with Crippen LogP contribution in [-0.2, 0) is 9.47 Å². The molecule has 1 aliphatic rings. The number of hydrogen-bond donors (Lipinski definition) is 0. The van der Waals surface area contributed by atoms with Crippen LogP contribution in [0.1, 0.15) is 181 Å². The Labute approximate surface area is 282 Å². The molecule has 45 heavy (non-hydrogen) atoms. The molecule has 3 heteroatoms. The number of quaternary nitrogens is 1. The molecule has 1 atom stereocenters. The van der Waals surface area contributed by atoms with Gasteiger partial charge in [-0.25, -0.2) is 0 Å². The number of unbranched alkanes of at least 4 members (excludes halogenated alkanes) is 18. The number of likely N-dealkylation sites (N-methyl/N-ethyl adjacent to an activating group) is 1. The van der Waals surface area contributed by atoms with Gasteiger partial charge in [-0.2, -0.15) is 0 Å². The highest BCUT2D eigenvalue weighted by Gasteiger charge is 2.45.